The summed E-state index contributed by atoms with van der Waals surface area (Å²) in [7, 11) is 4.06. The molecule has 6 heteroatoms. The molecule has 1 aliphatic carbocycles. The highest BCUT2D eigenvalue weighted by Gasteiger charge is 2.56. The Morgan fingerprint density at radius 2 is 2.04 bits per heavy atom. The third kappa shape index (κ3) is 3.85. The summed E-state index contributed by atoms with van der Waals surface area (Å²) < 4.78 is 0. The number of hydrogen-bond acceptors (Lipinski definition) is 3. The summed E-state index contributed by atoms with van der Waals surface area (Å²) in [5, 5.41) is 12.8. The van der Waals surface area contributed by atoms with Gasteiger partial charge in [0.05, 0.1) is 5.41 Å². The molecule has 0 radical (unpaired) electrons. The van der Waals surface area contributed by atoms with Crippen molar-refractivity contribution in [2.24, 2.45) is 16.7 Å². The van der Waals surface area contributed by atoms with Gasteiger partial charge in [0.2, 0.25) is 0 Å². The smallest absolute Gasteiger partial charge is 0.317 e. The highest BCUT2D eigenvalue weighted by molar-refractivity contribution is 5.80. The second-order valence-corrected chi connectivity index (χ2v) is 8.89. The molecule has 1 saturated carbocycles. The lowest BCUT2D eigenvalue weighted by molar-refractivity contribution is -0.149. The van der Waals surface area contributed by atoms with Gasteiger partial charge in [0, 0.05) is 19.1 Å². The second kappa shape index (κ2) is 6.90. The van der Waals surface area contributed by atoms with Crippen LogP contribution in [0.25, 0.3) is 0 Å². The molecule has 2 fully saturated rings. The van der Waals surface area contributed by atoms with E-state index in [-0.39, 0.29) is 23.4 Å². The Kier molecular flexibility index (Phi) is 5.47. The van der Waals surface area contributed by atoms with Crippen LogP contribution in [0.1, 0.15) is 46.5 Å². The Bertz CT molecular complexity index is 486. The van der Waals surface area contributed by atoms with E-state index in [9.17, 15) is 14.7 Å². The molecule has 0 aromatic heterocycles. The number of carboxylic acid groups (broad SMARTS) is 1. The fourth-order valence-electron chi connectivity index (χ4n) is 4.14. The van der Waals surface area contributed by atoms with Crippen LogP contribution in [0.5, 0.6) is 0 Å². The van der Waals surface area contributed by atoms with Crippen LogP contribution in [0, 0.1) is 16.7 Å². The molecule has 0 aromatic carbocycles. The van der Waals surface area contributed by atoms with Gasteiger partial charge in [-0.25, -0.2) is 4.79 Å². The lowest BCUT2D eigenvalue weighted by Gasteiger charge is -2.34. The van der Waals surface area contributed by atoms with E-state index in [2.05, 4.69) is 31.0 Å². The predicted molar refractivity (Wildman–Crippen MR) is 93.9 cm³/mol. The lowest BCUT2D eigenvalue weighted by Crippen LogP contribution is -2.50. The fraction of sp³-hybridized carbons (Fsp3) is 0.889. The van der Waals surface area contributed by atoms with Crippen molar-refractivity contribution in [2.75, 3.05) is 33.7 Å². The third-order valence-electron chi connectivity index (χ3n) is 5.79. The van der Waals surface area contributed by atoms with Crippen molar-refractivity contribution >= 4 is 12.0 Å². The van der Waals surface area contributed by atoms with E-state index in [0.29, 0.717) is 19.5 Å². The molecule has 1 saturated heterocycles. The number of fused-ring (bicyclic) bond motifs is 1. The van der Waals surface area contributed by atoms with Crippen molar-refractivity contribution in [1.29, 1.82) is 0 Å². The molecule has 6 nitrogen and oxygen atoms in total. The van der Waals surface area contributed by atoms with Gasteiger partial charge in [-0.15, -0.1) is 0 Å². The molecule has 2 amide bonds. The van der Waals surface area contributed by atoms with Gasteiger partial charge in [-0.05, 0) is 51.2 Å². The van der Waals surface area contributed by atoms with Crippen LogP contribution in [0.4, 0.5) is 4.79 Å². The Hall–Kier alpha value is -1.30. The molecule has 3 atom stereocenters. The number of likely N-dealkylation sites (tertiary alicyclic amines) is 1. The number of carboxylic acids is 1. The molecule has 1 unspecified atom stereocenters. The number of hydrogen-bond donors (Lipinski definition) is 2. The Balaban J connectivity index is 2.02. The zero-order chi connectivity index (χ0) is 18.1. The van der Waals surface area contributed by atoms with Crippen LogP contribution in [0.15, 0.2) is 0 Å². The minimum atomic E-state index is -0.736. The topological polar surface area (TPSA) is 72.9 Å². The summed E-state index contributed by atoms with van der Waals surface area (Å²) >= 11 is 0. The Morgan fingerprint density at radius 1 is 1.38 bits per heavy atom. The molecule has 2 N–H and O–H groups in total. The average Bonchev–Trinajstić information content (AvgIpc) is 2.99. The standard InChI is InChI=1S/C18H33N3O3/c1-17(2,3)14(8-10-20(4)5)19-16(24)21-11-13-7-6-9-18(13,12-21)15(22)23/h13-14H,6-12H2,1-5H3,(H,19,24)(H,22,23)/t13-,14?,18+/m0/s1. The fourth-order valence-corrected chi connectivity index (χ4v) is 4.14. The highest BCUT2D eigenvalue weighted by atomic mass is 16.4. The van der Waals surface area contributed by atoms with Crippen LogP contribution in [-0.4, -0.2) is 66.7 Å². The summed E-state index contributed by atoms with van der Waals surface area (Å²) in [5.74, 6) is -0.629. The van der Waals surface area contributed by atoms with Gasteiger partial charge >= 0.3 is 12.0 Å². The first-order chi connectivity index (χ1) is 11.1. The maximum Gasteiger partial charge on any atom is 0.317 e. The maximum atomic E-state index is 12.8. The summed E-state index contributed by atoms with van der Waals surface area (Å²) in [6.45, 7) is 8.22. The van der Waals surface area contributed by atoms with Crippen LogP contribution in [0.2, 0.25) is 0 Å². The number of carbonyl (C=O) groups is 2. The van der Waals surface area contributed by atoms with Crippen molar-refractivity contribution in [3.8, 4) is 0 Å². The monoisotopic (exact) mass is 339 g/mol. The van der Waals surface area contributed by atoms with Gasteiger partial charge in [-0.1, -0.05) is 27.2 Å². The maximum absolute atomic E-state index is 12.8. The number of nitrogens with zero attached hydrogens (tertiary/aromatic N) is 2. The third-order valence-corrected chi connectivity index (χ3v) is 5.79. The number of nitrogens with one attached hydrogen (secondary N) is 1. The molecule has 1 aliphatic heterocycles. The summed E-state index contributed by atoms with van der Waals surface area (Å²) in [5.41, 5.74) is -0.746. The molecular formula is C18H33N3O3. The second-order valence-electron chi connectivity index (χ2n) is 8.89. The zero-order valence-corrected chi connectivity index (χ0v) is 15.8. The lowest BCUT2D eigenvalue weighted by atomic mass is 9.81. The molecule has 0 aromatic rings. The van der Waals surface area contributed by atoms with E-state index >= 15 is 0 Å². The van der Waals surface area contributed by atoms with Crippen molar-refractivity contribution in [3.05, 3.63) is 0 Å². The van der Waals surface area contributed by atoms with E-state index in [0.717, 1.165) is 25.8 Å². The average molecular weight is 339 g/mol. The summed E-state index contributed by atoms with van der Waals surface area (Å²) in [6.07, 6.45) is 3.45. The van der Waals surface area contributed by atoms with Gasteiger partial charge < -0.3 is 20.2 Å². The number of amides is 2. The number of carbonyl (C=O) groups excluding carboxylic acids is 1. The van der Waals surface area contributed by atoms with Crippen molar-refractivity contribution < 1.29 is 14.7 Å². The Labute approximate surface area is 145 Å². The molecule has 0 spiro atoms. The number of urea groups is 1. The highest BCUT2D eigenvalue weighted by Crippen LogP contribution is 2.48. The molecule has 0 bridgehead atoms. The molecule has 2 rings (SSSR count). The molecule has 24 heavy (non-hydrogen) atoms. The number of rotatable bonds is 5. The van der Waals surface area contributed by atoms with E-state index < -0.39 is 11.4 Å². The minimum absolute atomic E-state index is 0.0360. The zero-order valence-electron chi connectivity index (χ0n) is 15.8. The summed E-state index contributed by atoms with van der Waals surface area (Å²) in [4.78, 5) is 28.4. The van der Waals surface area contributed by atoms with Gasteiger partial charge in [-0.2, -0.15) is 0 Å². The SMILES string of the molecule is CN(C)CCC(NC(=O)N1C[C@@H]2CCC[C@@]2(C(=O)O)C1)C(C)(C)C. The van der Waals surface area contributed by atoms with E-state index in [1.165, 1.54) is 0 Å². The molecule has 138 valence electrons. The molecular weight excluding hydrogens is 306 g/mol. The normalized spacial score (nSPS) is 28.1. The van der Waals surface area contributed by atoms with Crippen molar-refractivity contribution in [3.63, 3.8) is 0 Å². The molecule has 1 heterocycles. The van der Waals surface area contributed by atoms with Gasteiger partial charge in [0.1, 0.15) is 0 Å². The van der Waals surface area contributed by atoms with E-state index in [1.54, 1.807) is 4.90 Å². The van der Waals surface area contributed by atoms with Crippen LogP contribution < -0.4 is 5.32 Å². The van der Waals surface area contributed by atoms with Crippen LogP contribution in [0.3, 0.4) is 0 Å². The Morgan fingerprint density at radius 3 is 2.54 bits per heavy atom. The van der Waals surface area contributed by atoms with E-state index in [1.807, 2.05) is 14.1 Å². The quantitative estimate of drug-likeness (QED) is 0.806. The van der Waals surface area contributed by atoms with Gasteiger partial charge in [0.25, 0.3) is 0 Å². The first kappa shape index (κ1) is 19.0. The predicted octanol–water partition coefficient (Wildman–Crippen LogP) is 2.25. The van der Waals surface area contributed by atoms with Gasteiger partial charge in [-0.3, -0.25) is 4.79 Å². The first-order valence-electron chi connectivity index (χ1n) is 9.00. The van der Waals surface area contributed by atoms with Gasteiger partial charge in [0.15, 0.2) is 0 Å². The van der Waals surface area contributed by atoms with Crippen molar-refractivity contribution in [1.82, 2.24) is 15.1 Å². The molecule has 2 aliphatic rings. The van der Waals surface area contributed by atoms with Crippen molar-refractivity contribution in [2.45, 2.75) is 52.5 Å². The first-order valence-corrected chi connectivity index (χ1v) is 9.00. The summed E-state index contributed by atoms with van der Waals surface area (Å²) in [6, 6.07) is -0.0441. The largest absolute Gasteiger partial charge is 0.481 e. The van der Waals surface area contributed by atoms with Crippen LogP contribution in [-0.2, 0) is 4.79 Å². The van der Waals surface area contributed by atoms with E-state index in [4.69, 9.17) is 0 Å². The van der Waals surface area contributed by atoms with Crippen LogP contribution >= 0.6 is 0 Å². The minimum Gasteiger partial charge on any atom is -0.481 e. The number of aliphatic carboxylic acids is 1.